The zero-order chi connectivity index (χ0) is 13.2. The van der Waals surface area contributed by atoms with Crippen LogP contribution in [0.25, 0.3) is 0 Å². The molecule has 1 aromatic carbocycles. The summed E-state index contributed by atoms with van der Waals surface area (Å²) >= 11 is 0. The molecule has 5 heteroatoms. The number of carbonyl (C=O) groups is 1. The molecule has 0 saturated carbocycles. The summed E-state index contributed by atoms with van der Waals surface area (Å²) < 4.78 is 37.3. The molecule has 1 fully saturated rings. The van der Waals surface area contributed by atoms with E-state index in [9.17, 15) is 18.0 Å². The standard InChI is InChI=1S/C13H14F3NO/c14-13(15,16)11-3-1-9(2-4-11)12(8-18)10-5-6-17-7-10/h1-4,8,10,12,17H,5-7H2. The number of rotatable bonds is 3. The van der Waals surface area contributed by atoms with Crippen LogP contribution in [0.4, 0.5) is 13.2 Å². The van der Waals surface area contributed by atoms with Gasteiger partial charge in [0.05, 0.1) is 5.56 Å². The van der Waals surface area contributed by atoms with Crippen LogP contribution in [0.15, 0.2) is 24.3 Å². The van der Waals surface area contributed by atoms with Crippen LogP contribution in [0, 0.1) is 5.92 Å². The maximum absolute atomic E-state index is 12.4. The summed E-state index contributed by atoms with van der Waals surface area (Å²) in [4.78, 5) is 11.1. The zero-order valence-electron chi connectivity index (χ0n) is 9.70. The molecular weight excluding hydrogens is 243 g/mol. The molecule has 2 atom stereocenters. The first kappa shape index (κ1) is 13.1. The van der Waals surface area contributed by atoms with Gasteiger partial charge in [-0.05, 0) is 43.1 Å². The third-order valence-corrected chi connectivity index (χ3v) is 3.38. The highest BCUT2D eigenvalue weighted by Crippen LogP contribution is 2.32. The molecule has 1 aliphatic heterocycles. The molecule has 0 amide bonds. The van der Waals surface area contributed by atoms with Gasteiger partial charge in [-0.15, -0.1) is 0 Å². The monoisotopic (exact) mass is 257 g/mol. The summed E-state index contributed by atoms with van der Waals surface area (Å²) in [7, 11) is 0. The summed E-state index contributed by atoms with van der Waals surface area (Å²) in [5.41, 5.74) is -0.0212. The van der Waals surface area contributed by atoms with Gasteiger partial charge < -0.3 is 10.1 Å². The highest BCUT2D eigenvalue weighted by atomic mass is 19.4. The topological polar surface area (TPSA) is 29.1 Å². The van der Waals surface area contributed by atoms with Crippen molar-refractivity contribution in [2.45, 2.75) is 18.5 Å². The molecule has 0 aliphatic carbocycles. The van der Waals surface area contributed by atoms with Crippen LogP contribution >= 0.6 is 0 Å². The number of carbonyl (C=O) groups excluding carboxylic acids is 1. The van der Waals surface area contributed by atoms with E-state index in [0.29, 0.717) is 5.56 Å². The van der Waals surface area contributed by atoms with Gasteiger partial charge in [-0.1, -0.05) is 12.1 Å². The molecular formula is C13H14F3NO. The predicted octanol–water partition coefficient (Wildman–Crippen LogP) is 2.60. The number of hydrogen-bond acceptors (Lipinski definition) is 2. The summed E-state index contributed by atoms with van der Waals surface area (Å²) in [5, 5.41) is 3.15. The molecule has 1 saturated heterocycles. The number of nitrogens with one attached hydrogen (secondary N) is 1. The van der Waals surface area contributed by atoms with Crippen molar-refractivity contribution in [1.82, 2.24) is 5.32 Å². The Morgan fingerprint density at radius 1 is 1.28 bits per heavy atom. The average molecular weight is 257 g/mol. The summed E-state index contributed by atoms with van der Waals surface area (Å²) in [5.74, 6) is -0.137. The number of benzene rings is 1. The van der Waals surface area contributed by atoms with Crippen molar-refractivity contribution in [2.75, 3.05) is 13.1 Å². The lowest BCUT2D eigenvalue weighted by Gasteiger charge is -2.18. The van der Waals surface area contributed by atoms with Crippen LogP contribution in [-0.2, 0) is 11.0 Å². The lowest BCUT2D eigenvalue weighted by molar-refractivity contribution is -0.137. The first-order valence-corrected chi connectivity index (χ1v) is 5.85. The van der Waals surface area contributed by atoms with Crippen LogP contribution in [0.5, 0.6) is 0 Å². The molecule has 0 aromatic heterocycles. The molecule has 18 heavy (non-hydrogen) atoms. The van der Waals surface area contributed by atoms with Crippen molar-refractivity contribution in [2.24, 2.45) is 5.92 Å². The van der Waals surface area contributed by atoms with E-state index in [1.54, 1.807) is 0 Å². The first-order valence-electron chi connectivity index (χ1n) is 5.85. The first-order chi connectivity index (χ1) is 8.52. The molecule has 1 aromatic rings. The van der Waals surface area contributed by atoms with Crippen molar-refractivity contribution in [3.8, 4) is 0 Å². The van der Waals surface area contributed by atoms with Crippen molar-refractivity contribution in [3.05, 3.63) is 35.4 Å². The third-order valence-electron chi connectivity index (χ3n) is 3.38. The number of alkyl halides is 3. The molecule has 2 rings (SSSR count). The van der Waals surface area contributed by atoms with Crippen molar-refractivity contribution in [1.29, 1.82) is 0 Å². The Morgan fingerprint density at radius 3 is 2.39 bits per heavy atom. The van der Waals surface area contributed by atoms with Crippen LogP contribution in [0.1, 0.15) is 23.5 Å². The van der Waals surface area contributed by atoms with Gasteiger partial charge in [0.1, 0.15) is 6.29 Å². The Hall–Kier alpha value is -1.36. The van der Waals surface area contributed by atoms with Gasteiger partial charge in [0, 0.05) is 5.92 Å². The summed E-state index contributed by atoms with van der Waals surface area (Å²) in [6.07, 6.45) is -2.62. The summed E-state index contributed by atoms with van der Waals surface area (Å²) in [6.45, 7) is 1.60. The van der Waals surface area contributed by atoms with Gasteiger partial charge in [0.2, 0.25) is 0 Å². The SMILES string of the molecule is O=CC(c1ccc(C(F)(F)F)cc1)C1CCNC1. The molecule has 0 bridgehead atoms. The van der Waals surface area contributed by atoms with Gasteiger partial charge in [0.25, 0.3) is 0 Å². The second-order valence-corrected chi connectivity index (χ2v) is 4.53. The normalized spacial score (nSPS) is 21.8. The van der Waals surface area contributed by atoms with Crippen molar-refractivity contribution >= 4 is 6.29 Å². The minimum Gasteiger partial charge on any atom is -0.316 e. The van der Waals surface area contributed by atoms with Crippen molar-refractivity contribution < 1.29 is 18.0 Å². The second-order valence-electron chi connectivity index (χ2n) is 4.53. The highest BCUT2D eigenvalue weighted by Gasteiger charge is 2.31. The minimum atomic E-state index is -4.33. The lowest BCUT2D eigenvalue weighted by Crippen LogP contribution is -2.17. The van der Waals surface area contributed by atoms with Gasteiger partial charge in [0.15, 0.2) is 0 Å². The van der Waals surface area contributed by atoms with E-state index >= 15 is 0 Å². The lowest BCUT2D eigenvalue weighted by atomic mass is 9.86. The third kappa shape index (κ3) is 2.72. The smallest absolute Gasteiger partial charge is 0.316 e. The van der Waals surface area contributed by atoms with E-state index in [0.717, 1.165) is 37.9 Å². The fourth-order valence-electron chi connectivity index (χ4n) is 2.34. The molecule has 2 nitrogen and oxygen atoms in total. The maximum atomic E-state index is 12.4. The largest absolute Gasteiger partial charge is 0.416 e. The Balaban J connectivity index is 2.19. The van der Waals surface area contributed by atoms with E-state index in [4.69, 9.17) is 0 Å². The molecule has 1 aliphatic rings. The van der Waals surface area contributed by atoms with E-state index in [2.05, 4.69) is 5.32 Å². The highest BCUT2D eigenvalue weighted by molar-refractivity contribution is 5.63. The molecule has 0 radical (unpaired) electrons. The van der Waals surface area contributed by atoms with Crippen LogP contribution < -0.4 is 5.32 Å². The van der Waals surface area contributed by atoms with Gasteiger partial charge in [-0.2, -0.15) is 13.2 Å². The van der Waals surface area contributed by atoms with E-state index in [1.165, 1.54) is 12.1 Å². The fourth-order valence-corrected chi connectivity index (χ4v) is 2.34. The molecule has 1 heterocycles. The van der Waals surface area contributed by atoms with E-state index in [-0.39, 0.29) is 11.8 Å². The number of hydrogen-bond donors (Lipinski definition) is 1. The minimum absolute atomic E-state index is 0.180. The van der Waals surface area contributed by atoms with E-state index in [1.807, 2.05) is 0 Å². The fraction of sp³-hybridized carbons (Fsp3) is 0.462. The van der Waals surface area contributed by atoms with Crippen molar-refractivity contribution in [3.63, 3.8) is 0 Å². The van der Waals surface area contributed by atoms with E-state index < -0.39 is 11.7 Å². The zero-order valence-corrected chi connectivity index (χ0v) is 9.70. The Labute approximate surface area is 103 Å². The van der Waals surface area contributed by atoms with Crippen LogP contribution in [0.3, 0.4) is 0 Å². The molecule has 98 valence electrons. The Bertz CT molecular complexity index is 407. The number of aldehydes is 1. The van der Waals surface area contributed by atoms with Gasteiger partial charge in [-0.3, -0.25) is 0 Å². The molecule has 2 unspecified atom stereocenters. The van der Waals surface area contributed by atoms with Crippen LogP contribution in [-0.4, -0.2) is 19.4 Å². The predicted molar refractivity (Wildman–Crippen MR) is 61.2 cm³/mol. The maximum Gasteiger partial charge on any atom is 0.416 e. The second kappa shape index (κ2) is 5.10. The Morgan fingerprint density at radius 2 is 1.94 bits per heavy atom. The Kier molecular flexibility index (Phi) is 3.71. The van der Waals surface area contributed by atoms with Crippen LogP contribution in [0.2, 0.25) is 0 Å². The quantitative estimate of drug-likeness (QED) is 0.843. The summed E-state index contributed by atoms with van der Waals surface area (Å²) in [6, 6.07) is 4.88. The van der Waals surface area contributed by atoms with Gasteiger partial charge in [-0.25, -0.2) is 0 Å². The molecule has 0 spiro atoms. The average Bonchev–Trinajstić information content (AvgIpc) is 2.83. The number of halogens is 3. The van der Waals surface area contributed by atoms with Gasteiger partial charge >= 0.3 is 6.18 Å². The molecule has 1 N–H and O–H groups in total.